The molecular formula is C15H17N3OS. The van der Waals surface area contributed by atoms with Gasteiger partial charge in [-0.1, -0.05) is 18.2 Å². The first-order valence-electron chi connectivity index (χ1n) is 6.55. The SMILES string of the molecule is COc1ccccc1C(C)NCc1cn2ccsc2n1. The average molecular weight is 287 g/mol. The lowest BCUT2D eigenvalue weighted by molar-refractivity contribution is 0.401. The van der Waals surface area contributed by atoms with E-state index in [2.05, 4.69) is 33.9 Å². The zero-order valence-corrected chi connectivity index (χ0v) is 12.4. The van der Waals surface area contributed by atoms with E-state index >= 15 is 0 Å². The molecule has 1 aromatic carbocycles. The summed E-state index contributed by atoms with van der Waals surface area (Å²) in [7, 11) is 1.70. The Balaban J connectivity index is 1.69. The molecule has 104 valence electrons. The molecule has 5 heteroatoms. The van der Waals surface area contributed by atoms with E-state index in [0.29, 0.717) is 0 Å². The van der Waals surface area contributed by atoms with Crippen molar-refractivity contribution in [3.05, 3.63) is 53.3 Å². The minimum Gasteiger partial charge on any atom is -0.496 e. The van der Waals surface area contributed by atoms with Crippen LogP contribution in [0.1, 0.15) is 24.2 Å². The van der Waals surface area contributed by atoms with Crippen molar-refractivity contribution >= 4 is 16.3 Å². The Hall–Kier alpha value is -1.85. The highest BCUT2D eigenvalue weighted by molar-refractivity contribution is 7.15. The molecule has 3 rings (SSSR count). The van der Waals surface area contributed by atoms with Gasteiger partial charge in [0, 0.05) is 35.9 Å². The van der Waals surface area contributed by atoms with Crippen LogP contribution < -0.4 is 10.1 Å². The van der Waals surface area contributed by atoms with Gasteiger partial charge in [-0.25, -0.2) is 4.98 Å². The highest BCUT2D eigenvalue weighted by Crippen LogP contribution is 2.24. The smallest absolute Gasteiger partial charge is 0.193 e. The van der Waals surface area contributed by atoms with E-state index < -0.39 is 0 Å². The van der Waals surface area contributed by atoms with Gasteiger partial charge in [0.1, 0.15) is 5.75 Å². The van der Waals surface area contributed by atoms with Crippen LogP contribution in [0.3, 0.4) is 0 Å². The summed E-state index contributed by atoms with van der Waals surface area (Å²) in [5, 5.41) is 5.53. The van der Waals surface area contributed by atoms with Crippen LogP contribution in [0.4, 0.5) is 0 Å². The Morgan fingerprint density at radius 2 is 2.25 bits per heavy atom. The molecule has 0 radical (unpaired) electrons. The van der Waals surface area contributed by atoms with Gasteiger partial charge in [-0.2, -0.15) is 0 Å². The maximum atomic E-state index is 5.40. The summed E-state index contributed by atoms with van der Waals surface area (Å²) < 4.78 is 7.45. The lowest BCUT2D eigenvalue weighted by atomic mass is 10.1. The number of nitrogens with one attached hydrogen (secondary N) is 1. The van der Waals surface area contributed by atoms with Crippen LogP contribution in [0, 0.1) is 0 Å². The van der Waals surface area contributed by atoms with Crippen LogP contribution in [-0.2, 0) is 6.54 Å². The molecule has 20 heavy (non-hydrogen) atoms. The molecule has 0 bridgehead atoms. The normalized spacial score (nSPS) is 12.7. The topological polar surface area (TPSA) is 38.6 Å². The van der Waals surface area contributed by atoms with Gasteiger partial charge in [-0.3, -0.25) is 4.40 Å². The number of para-hydroxylation sites is 1. The molecule has 4 nitrogen and oxygen atoms in total. The van der Waals surface area contributed by atoms with Crippen molar-refractivity contribution in [3.63, 3.8) is 0 Å². The zero-order chi connectivity index (χ0) is 13.9. The number of aromatic nitrogens is 2. The Morgan fingerprint density at radius 1 is 1.40 bits per heavy atom. The van der Waals surface area contributed by atoms with Crippen molar-refractivity contribution in [1.29, 1.82) is 0 Å². The van der Waals surface area contributed by atoms with Gasteiger partial charge in [0.2, 0.25) is 0 Å². The van der Waals surface area contributed by atoms with Crippen LogP contribution in [0.25, 0.3) is 4.96 Å². The first kappa shape index (κ1) is 13.1. The Bertz CT molecular complexity index is 675. The molecule has 1 N–H and O–H groups in total. The van der Waals surface area contributed by atoms with Gasteiger partial charge in [-0.05, 0) is 13.0 Å². The molecule has 2 heterocycles. The van der Waals surface area contributed by atoms with E-state index in [1.54, 1.807) is 18.4 Å². The number of thiazole rings is 1. The van der Waals surface area contributed by atoms with E-state index in [4.69, 9.17) is 4.74 Å². The molecule has 0 aliphatic rings. The van der Waals surface area contributed by atoms with E-state index in [1.807, 2.05) is 29.8 Å². The highest BCUT2D eigenvalue weighted by Gasteiger charge is 2.11. The van der Waals surface area contributed by atoms with Gasteiger partial charge in [-0.15, -0.1) is 11.3 Å². The van der Waals surface area contributed by atoms with E-state index in [0.717, 1.165) is 28.5 Å². The van der Waals surface area contributed by atoms with Crippen molar-refractivity contribution in [2.45, 2.75) is 19.5 Å². The first-order chi connectivity index (χ1) is 9.78. The average Bonchev–Trinajstić information content (AvgIpc) is 3.05. The molecule has 1 atom stereocenters. The number of benzene rings is 1. The lowest BCUT2D eigenvalue weighted by Crippen LogP contribution is -2.18. The minimum absolute atomic E-state index is 0.214. The maximum absolute atomic E-state index is 5.40. The largest absolute Gasteiger partial charge is 0.496 e. The van der Waals surface area contributed by atoms with Crippen LogP contribution in [0.15, 0.2) is 42.0 Å². The van der Waals surface area contributed by atoms with Crippen molar-refractivity contribution < 1.29 is 4.74 Å². The monoisotopic (exact) mass is 287 g/mol. The summed E-state index contributed by atoms with van der Waals surface area (Å²) in [5.41, 5.74) is 2.22. The molecule has 0 saturated heterocycles. The quantitative estimate of drug-likeness (QED) is 0.783. The summed E-state index contributed by atoms with van der Waals surface area (Å²) in [6, 6.07) is 8.30. The second-order valence-corrected chi connectivity index (χ2v) is 5.54. The summed E-state index contributed by atoms with van der Waals surface area (Å²) in [5.74, 6) is 0.915. The van der Waals surface area contributed by atoms with Crippen LogP contribution in [0.2, 0.25) is 0 Å². The minimum atomic E-state index is 0.214. The number of ether oxygens (including phenoxy) is 1. The molecule has 0 aliphatic heterocycles. The molecule has 0 fully saturated rings. The maximum Gasteiger partial charge on any atom is 0.193 e. The third kappa shape index (κ3) is 2.55. The molecule has 1 unspecified atom stereocenters. The first-order valence-corrected chi connectivity index (χ1v) is 7.43. The van der Waals surface area contributed by atoms with Crippen molar-refractivity contribution in [1.82, 2.24) is 14.7 Å². The van der Waals surface area contributed by atoms with Gasteiger partial charge < -0.3 is 10.1 Å². The number of imidazole rings is 1. The van der Waals surface area contributed by atoms with Crippen LogP contribution >= 0.6 is 11.3 Å². The summed E-state index contributed by atoms with van der Waals surface area (Å²) >= 11 is 1.65. The van der Waals surface area contributed by atoms with Gasteiger partial charge in [0.15, 0.2) is 4.96 Å². The fraction of sp³-hybridized carbons (Fsp3) is 0.267. The highest BCUT2D eigenvalue weighted by atomic mass is 32.1. The van der Waals surface area contributed by atoms with Crippen molar-refractivity contribution in [3.8, 4) is 5.75 Å². The van der Waals surface area contributed by atoms with Crippen molar-refractivity contribution in [2.24, 2.45) is 0 Å². The zero-order valence-electron chi connectivity index (χ0n) is 11.5. The van der Waals surface area contributed by atoms with E-state index in [-0.39, 0.29) is 6.04 Å². The number of hydrogen-bond donors (Lipinski definition) is 1. The fourth-order valence-electron chi connectivity index (χ4n) is 2.25. The standard InChI is InChI=1S/C15H17N3OS/c1-11(13-5-3-4-6-14(13)19-2)16-9-12-10-18-7-8-20-15(18)17-12/h3-8,10-11,16H,9H2,1-2H3. The van der Waals surface area contributed by atoms with Gasteiger partial charge in [0.05, 0.1) is 12.8 Å². The molecule has 0 spiro atoms. The Labute approximate surface area is 122 Å². The second-order valence-electron chi connectivity index (χ2n) is 4.67. The summed E-state index contributed by atoms with van der Waals surface area (Å²) in [4.78, 5) is 5.60. The lowest BCUT2D eigenvalue weighted by Gasteiger charge is -2.16. The predicted octanol–water partition coefficient (Wildman–Crippen LogP) is 3.26. The molecule has 0 aliphatic carbocycles. The molecular weight excluding hydrogens is 270 g/mol. The van der Waals surface area contributed by atoms with E-state index in [9.17, 15) is 0 Å². The van der Waals surface area contributed by atoms with Gasteiger partial charge >= 0.3 is 0 Å². The Morgan fingerprint density at radius 3 is 3.05 bits per heavy atom. The number of fused-ring (bicyclic) bond motifs is 1. The number of hydrogen-bond acceptors (Lipinski definition) is 4. The molecule has 0 amide bonds. The Kier molecular flexibility index (Phi) is 3.71. The third-order valence-corrected chi connectivity index (χ3v) is 4.11. The fourth-order valence-corrected chi connectivity index (χ4v) is 2.97. The molecule has 2 aromatic heterocycles. The molecule has 3 aromatic rings. The number of rotatable bonds is 5. The second kappa shape index (κ2) is 5.64. The van der Waals surface area contributed by atoms with Crippen molar-refractivity contribution in [2.75, 3.05) is 7.11 Å². The summed E-state index contributed by atoms with van der Waals surface area (Å²) in [6.07, 6.45) is 4.09. The third-order valence-electron chi connectivity index (χ3n) is 3.34. The van der Waals surface area contributed by atoms with Gasteiger partial charge in [0.25, 0.3) is 0 Å². The van der Waals surface area contributed by atoms with Crippen LogP contribution in [-0.4, -0.2) is 16.5 Å². The molecule has 0 saturated carbocycles. The number of methoxy groups -OCH3 is 1. The van der Waals surface area contributed by atoms with E-state index in [1.165, 1.54) is 0 Å². The predicted molar refractivity (Wildman–Crippen MR) is 81.3 cm³/mol. The van der Waals surface area contributed by atoms with Crippen LogP contribution in [0.5, 0.6) is 5.75 Å². The summed E-state index contributed by atoms with van der Waals surface area (Å²) in [6.45, 7) is 2.88. The number of nitrogens with zero attached hydrogens (tertiary/aromatic N) is 2.